The number of benzene rings is 5. The summed E-state index contributed by atoms with van der Waals surface area (Å²) in [6, 6.07) is 48.5. The molecule has 48 heavy (non-hydrogen) atoms. The molecule has 0 N–H and O–H groups in total. The summed E-state index contributed by atoms with van der Waals surface area (Å²) in [6.07, 6.45) is 0. The Labute approximate surface area is 360 Å². The molecule has 0 unspecified atom stereocenters. The van der Waals surface area contributed by atoms with E-state index in [4.69, 9.17) is 99.0 Å². The van der Waals surface area contributed by atoms with E-state index in [-0.39, 0.29) is 20.4 Å². The number of rotatable bonds is 5. The van der Waals surface area contributed by atoms with E-state index in [9.17, 15) is 0 Å². The van der Waals surface area contributed by atoms with Crippen LogP contribution in [0.1, 0.15) is 27.8 Å². The molecule has 0 fully saturated rings. The van der Waals surface area contributed by atoms with Crippen molar-refractivity contribution >= 4 is 165 Å². The van der Waals surface area contributed by atoms with Crippen molar-refractivity contribution in [3.8, 4) is 0 Å². The average molecular weight is 1020 g/mol. The first kappa shape index (κ1) is 47.3. The predicted molar refractivity (Wildman–Crippen MR) is 246 cm³/mol. The van der Waals surface area contributed by atoms with Crippen LogP contribution in [0, 0.1) is 0 Å². The van der Waals surface area contributed by atoms with E-state index in [1.54, 1.807) is 0 Å². The SMILES string of the molecule is S=C(SS)c1ccccc1.S=C(SS)c1ccccc1.S=C([S-])c1ccccc1.S=C([S-])c1ccccc1.S=C([S-])c1ccccc1.[Re+3]. The minimum absolute atomic E-state index is 0. The van der Waals surface area contributed by atoms with Crippen molar-refractivity contribution in [3.05, 3.63) is 179 Å². The predicted octanol–water partition coefficient (Wildman–Crippen LogP) is 11.6. The first-order valence-electron chi connectivity index (χ1n) is 13.2. The van der Waals surface area contributed by atoms with Crippen molar-refractivity contribution in [2.45, 2.75) is 0 Å². The quantitative estimate of drug-likeness (QED) is 0.0753. The zero-order valence-electron chi connectivity index (χ0n) is 24.8. The van der Waals surface area contributed by atoms with E-state index in [1.807, 2.05) is 152 Å². The maximum absolute atomic E-state index is 5.01. The zero-order chi connectivity index (χ0) is 34.9. The van der Waals surface area contributed by atoms with Crippen molar-refractivity contribution in [3.63, 3.8) is 0 Å². The maximum atomic E-state index is 5.01. The molecule has 5 aromatic rings. The van der Waals surface area contributed by atoms with E-state index in [0.717, 1.165) is 36.2 Å². The van der Waals surface area contributed by atoms with Crippen LogP contribution in [0.25, 0.3) is 0 Å². The topological polar surface area (TPSA) is 0 Å². The normalized spacial score (nSPS) is 8.88. The van der Waals surface area contributed by atoms with Crippen LogP contribution in [-0.4, -0.2) is 21.0 Å². The summed E-state index contributed by atoms with van der Waals surface area (Å²) in [4.78, 5) is 0. The van der Waals surface area contributed by atoms with Crippen LogP contribution in [-0.2, 0) is 58.3 Å². The van der Waals surface area contributed by atoms with Gasteiger partial charge in [-0.3, -0.25) is 0 Å². The van der Waals surface area contributed by atoms with Crippen molar-refractivity contribution in [1.82, 2.24) is 0 Å². The van der Waals surface area contributed by atoms with Gasteiger partial charge in [-0.05, 0) is 49.4 Å². The molecule has 0 aliphatic heterocycles. The summed E-state index contributed by atoms with van der Waals surface area (Å²) < 4.78 is 3.26. The zero-order valence-corrected chi connectivity index (χ0v) is 37.5. The van der Waals surface area contributed by atoms with Crippen LogP contribution >= 0.6 is 106 Å². The van der Waals surface area contributed by atoms with Gasteiger partial charge in [0.15, 0.2) is 0 Å². The van der Waals surface area contributed by atoms with Gasteiger partial charge in [0.05, 0.1) is 8.39 Å². The summed E-state index contributed by atoms with van der Waals surface area (Å²) in [5, 5.41) is 0. The summed E-state index contributed by atoms with van der Waals surface area (Å²) >= 11 is 46.7. The van der Waals surface area contributed by atoms with E-state index >= 15 is 0 Å². The molecule has 0 radical (unpaired) electrons. The number of hydrogen-bond donors (Lipinski definition) is 2. The van der Waals surface area contributed by atoms with Crippen LogP contribution in [0.15, 0.2) is 152 Å². The average Bonchev–Trinajstić information content (AvgIpc) is 3.13. The summed E-state index contributed by atoms with van der Waals surface area (Å²) in [5.41, 5.74) is 5.02. The van der Waals surface area contributed by atoms with Crippen LogP contribution < -0.4 is 0 Å². The third-order valence-corrected chi connectivity index (χ3v) is 10.2. The smallest absolute Gasteiger partial charge is 0.428 e. The Bertz CT molecular complexity index is 1470. The Hall–Kier alpha value is -0.728. The van der Waals surface area contributed by atoms with Crippen LogP contribution in [0.3, 0.4) is 0 Å². The molecule has 0 bridgehead atoms. The molecule has 5 aromatic carbocycles. The first-order chi connectivity index (χ1) is 22.6. The molecular formula is C35H27ReS12. The molecule has 0 aliphatic carbocycles. The fourth-order valence-corrected chi connectivity index (χ4v) is 5.18. The van der Waals surface area contributed by atoms with Gasteiger partial charge in [0.2, 0.25) is 0 Å². The molecular weight excluding hydrogens is 991 g/mol. The van der Waals surface area contributed by atoms with E-state index in [1.165, 1.54) is 21.6 Å². The van der Waals surface area contributed by atoms with Gasteiger partial charge in [0.1, 0.15) is 0 Å². The van der Waals surface area contributed by atoms with Gasteiger partial charge in [-0.2, -0.15) is 0 Å². The van der Waals surface area contributed by atoms with Crippen LogP contribution in [0.4, 0.5) is 0 Å². The van der Waals surface area contributed by atoms with Gasteiger partial charge in [-0.25, -0.2) is 0 Å². The summed E-state index contributed by atoms with van der Waals surface area (Å²) in [6.45, 7) is 0. The van der Waals surface area contributed by atoms with Gasteiger partial charge < -0.3 is 74.5 Å². The van der Waals surface area contributed by atoms with Crippen molar-refractivity contribution in [2.24, 2.45) is 0 Å². The first-order valence-corrected chi connectivity index (χ1v) is 20.2. The summed E-state index contributed by atoms with van der Waals surface area (Å²) in [5.74, 6) is 0. The fourth-order valence-electron chi connectivity index (χ4n) is 2.98. The number of thiocarbonyl (C=S) groups is 5. The van der Waals surface area contributed by atoms with Gasteiger partial charge in [0, 0.05) is 0 Å². The minimum atomic E-state index is 0. The molecule has 0 amide bonds. The molecule has 0 saturated heterocycles. The Morgan fingerprint density at radius 1 is 0.354 bits per heavy atom. The van der Waals surface area contributed by atoms with Crippen LogP contribution in [0.5, 0.6) is 0 Å². The largest absolute Gasteiger partial charge is 3.00 e. The third kappa shape index (κ3) is 22.2. The minimum Gasteiger partial charge on any atom is -0.428 e. The van der Waals surface area contributed by atoms with Gasteiger partial charge in [0.25, 0.3) is 0 Å². The van der Waals surface area contributed by atoms with Gasteiger partial charge >= 0.3 is 20.4 Å². The summed E-state index contributed by atoms with van der Waals surface area (Å²) in [7, 11) is 2.61. The standard InChI is InChI=1S/2C7H6S3.3C7H6S2.Re/c2*8-7(10-9)6-4-2-1-3-5-6;3*8-7(9)6-4-2-1-3-5-6;/h2*1-5,9H;3*1-5H,(H,8,9);/q;;;;;+3/p-3. The molecule has 0 aliphatic rings. The third-order valence-electron chi connectivity index (χ3n) is 5.21. The molecule has 246 valence electrons. The van der Waals surface area contributed by atoms with E-state index in [0.29, 0.717) is 12.6 Å². The second kappa shape index (κ2) is 30.0. The Kier molecular flexibility index (Phi) is 29.5. The molecule has 5 rings (SSSR count). The second-order valence-electron chi connectivity index (χ2n) is 8.45. The maximum Gasteiger partial charge on any atom is 3.00 e. The molecule has 0 atom stereocenters. The molecule has 13 heteroatoms. The number of hydrogen-bond acceptors (Lipinski definition) is 12. The Morgan fingerprint density at radius 3 is 0.646 bits per heavy atom. The van der Waals surface area contributed by atoms with Crippen molar-refractivity contribution in [1.29, 1.82) is 0 Å². The molecule has 0 nitrogen and oxygen atoms in total. The van der Waals surface area contributed by atoms with Gasteiger partial charge in [-0.1, -0.05) is 176 Å². The monoisotopic (exact) mass is 1020 g/mol. The van der Waals surface area contributed by atoms with Crippen LogP contribution in [0.2, 0.25) is 0 Å². The molecule has 0 saturated carbocycles. The second-order valence-corrected chi connectivity index (χ2v) is 15.3. The van der Waals surface area contributed by atoms with Gasteiger partial charge in [-0.15, -0.1) is 35.9 Å². The fraction of sp³-hybridized carbons (Fsp3) is 0. The molecule has 0 heterocycles. The Morgan fingerprint density at radius 2 is 0.521 bits per heavy atom. The van der Waals surface area contributed by atoms with Crippen molar-refractivity contribution in [2.75, 3.05) is 0 Å². The molecule has 0 spiro atoms. The Balaban J connectivity index is 0.000000573. The van der Waals surface area contributed by atoms with E-state index in [2.05, 4.69) is 23.3 Å². The number of thiol groups is 2. The van der Waals surface area contributed by atoms with Crippen molar-refractivity contribution < 1.29 is 20.4 Å². The molecule has 0 aromatic heterocycles. The van der Waals surface area contributed by atoms with E-state index < -0.39 is 0 Å².